The van der Waals surface area contributed by atoms with Crippen LogP contribution in [0.2, 0.25) is 0 Å². The number of hydrogen-bond acceptors (Lipinski definition) is 2. The molecule has 0 amide bonds. The van der Waals surface area contributed by atoms with Crippen LogP contribution in [0.5, 0.6) is 0 Å². The third-order valence-electron chi connectivity index (χ3n) is 1.72. The summed E-state index contributed by atoms with van der Waals surface area (Å²) in [6.07, 6.45) is -4.90. The van der Waals surface area contributed by atoms with Crippen molar-refractivity contribution in [3.05, 3.63) is 0 Å². The summed E-state index contributed by atoms with van der Waals surface area (Å²) >= 11 is 5.46. The number of nitrogens with zero attached hydrogens (tertiary/aromatic N) is 1. The number of alkyl halides is 4. The molecule has 0 rings (SSSR count). The predicted octanol–water partition coefficient (Wildman–Crippen LogP) is 2.13. The van der Waals surface area contributed by atoms with Crippen molar-refractivity contribution >= 4 is 11.6 Å². The first kappa shape index (κ1) is 14.0. The Hall–Kier alpha value is -0.0000000000000000555. The summed E-state index contributed by atoms with van der Waals surface area (Å²) in [5.74, 6) is 0.335. The van der Waals surface area contributed by atoms with Crippen molar-refractivity contribution in [2.45, 2.75) is 12.6 Å². The molecule has 86 valence electrons. The third-order valence-corrected chi connectivity index (χ3v) is 1.89. The molecule has 6 heteroatoms. The molecule has 0 aromatic carbocycles. The number of ether oxygens (including phenoxy) is 1. The SMILES string of the molecule is COCCN(CCCl)CCC(F)(F)F. The Kier molecular flexibility index (Phi) is 7.31. The zero-order valence-corrected chi connectivity index (χ0v) is 8.87. The van der Waals surface area contributed by atoms with Crippen molar-refractivity contribution < 1.29 is 17.9 Å². The molecular formula is C8H15ClF3NO. The summed E-state index contributed by atoms with van der Waals surface area (Å²) in [5, 5.41) is 0. The smallest absolute Gasteiger partial charge is 0.383 e. The summed E-state index contributed by atoms with van der Waals surface area (Å²) in [6.45, 7) is 1.36. The van der Waals surface area contributed by atoms with E-state index in [1.807, 2.05) is 0 Å². The van der Waals surface area contributed by atoms with Crippen molar-refractivity contribution in [2.75, 3.05) is 39.2 Å². The molecule has 0 heterocycles. The van der Waals surface area contributed by atoms with Crippen LogP contribution in [-0.2, 0) is 4.74 Å². The standard InChI is InChI=1S/C8H15ClF3NO/c1-14-7-6-13(5-3-9)4-2-8(10,11)12/h2-7H2,1H3. The second-order valence-electron chi connectivity index (χ2n) is 2.89. The minimum atomic E-state index is -4.10. The zero-order valence-electron chi connectivity index (χ0n) is 8.11. The zero-order chi connectivity index (χ0) is 11.0. The van der Waals surface area contributed by atoms with E-state index in [1.165, 1.54) is 7.11 Å². The average Bonchev–Trinajstić information content (AvgIpc) is 2.08. The maximum atomic E-state index is 11.9. The quantitative estimate of drug-likeness (QED) is 0.625. The molecule has 0 atom stereocenters. The number of hydrogen-bond donors (Lipinski definition) is 0. The fraction of sp³-hybridized carbons (Fsp3) is 1.00. The summed E-state index contributed by atoms with van der Waals surface area (Å²) in [7, 11) is 1.52. The molecule has 0 N–H and O–H groups in total. The van der Waals surface area contributed by atoms with E-state index in [0.29, 0.717) is 25.6 Å². The summed E-state index contributed by atoms with van der Waals surface area (Å²) < 4.78 is 40.4. The van der Waals surface area contributed by atoms with Gasteiger partial charge in [0, 0.05) is 32.6 Å². The van der Waals surface area contributed by atoms with Crippen LogP contribution in [0.4, 0.5) is 13.2 Å². The second-order valence-corrected chi connectivity index (χ2v) is 3.27. The van der Waals surface area contributed by atoms with Crippen LogP contribution >= 0.6 is 11.6 Å². The summed E-state index contributed by atoms with van der Waals surface area (Å²) in [6, 6.07) is 0. The van der Waals surface area contributed by atoms with Crippen LogP contribution in [0, 0.1) is 0 Å². The van der Waals surface area contributed by atoms with Gasteiger partial charge in [0.1, 0.15) is 0 Å². The normalized spacial score (nSPS) is 12.4. The van der Waals surface area contributed by atoms with Crippen LogP contribution in [-0.4, -0.2) is 50.3 Å². The highest BCUT2D eigenvalue weighted by molar-refractivity contribution is 6.18. The van der Waals surface area contributed by atoms with E-state index in [9.17, 15) is 13.2 Å². The molecule has 2 nitrogen and oxygen atoms in total. The van der Waals surface area contributed by atoms with E-state index in [4.69, 9.17) is 16.3 Å². The highest BCUT2D eigenvalue weighted by Gasteiger charge is 2.27. The largest absolute Gasteiger partial charge is 0.390 e. The third kappa shape index (κ3) is 8.59. The van der Waals surface area contributed by atoms with Crippen molar-refractivity contribution in [1.82, 2.24) is 4.90 Å². The van der Waals surface area contributed by atoms with Gasteiger partial charge in [0.05, 0.1) is 13.0 Å². The Balaban J connectivity index is 3.72. The van der Waals surface area contributed by atoms with Crippen LogP contribution in [0.25, 0.3) is 0 Å². The van der Waals surface area contributed by atoms with Crippen molar-refractivity contribution in [1.29, 1.82) is 0 Å². The van der Waals surface area contributed by atoms with Crippen LogP contribution < -0.4 is 0 Å². The van der Waals surface area contributed by atoms with Crippen molar-refractivity contribution in [2.24, 2.45) is 0 Å². The first-order valence-electron chi connectivity index (χ1n) is 4.33. The molecule has 0 radical (unpaired) electrons. The van der Waals surface area contributed by atoms with Crippen LogP contribution in [0.15, 0.2) is 0 Å². The Bertz CT molecular complexity index is 143. The minimum absolute atomic E-state index is 0.0143. The lowest BCUT2D eigenvalue weighted by Crippen LogP contribution is -2.32. The lowest BCUT2D eigenvalue weighted by Gasteiger charge is -2.21. The first-order valence-corrected chi connectivity index (χ1v) is 4.87. The molecule has 0 saturated carbocycles. The second kappa shape index (κ2) is 7.31. The Morgan fingerprint density at radius 1 is 1.21 bits per heavy atom. The van der Waals surface area contributed by atoms with Gasteiger partial charge in [0.25, 0.3) is 0 Å². The Morgan fingerprint density at radius 2 is 1.86 bits per heavy atom. The van der Waals surface area contributed by atoms with Gasteiger partial charge in [-0.2, -0.15) is 13.2 Å². The van der Waals surface area contributed by atoms with Gasteiger partial charge in [-0.25, -0.2) is 0 Å². The van der Waals surface area contributed by atoms with E-state index < -0.39 is 12.6 Å². The average molecular weight is 234 g/mol. The number of halogens is 4. The molecule has 0 fully saturated rings. The molecule has 0 bridgehead atoms. The fourth-order valence-electron chi connectivity index (χ4n) is 0.960. The monoisotopic (exact) mass is 233 g/mol. The molecule has 0 spiro atoms. The number of methoxy groups -OCH3 is 1. The highest BCUT2D eigenvalue weighted by Crippen LogP contribution is 2.19. The molecule has 0 aromatic rings. The lowest BCUT2D eigenvalue weighted by atomic mass is 10.3. The van der Waals surface area contributed by atoms with Crippen LogP contribution in [0.1, 0.15) is 6.42 Å². The van der Waals surface area contributed by atoms with E-state index in [-0.39, 0.29) is 6.54 Å². The van der Waals surface area contributed by atoms with Gasteiger partial charge in [0.15, 0.2) is 0 Å². The van der Waals surface area contributed by atoms with Crippen LogP contribution in [0.3, 0.4) is 0 Å². The maximum Gasteiger partial charge on any atom is 0.390 e. The first-order chi connectivity index (χ1) is 6.49. The number of rotatable bonds is 7. The molecule has 0 aliphatic carbocycles. The molecule has 0 saturated heterocycles. The molecule has 14 heavy (non-hydrogen) atoms. The minimum Gasteiger partial charge on any atom is -0.383 e. The van der Waals surface area contributed by atoms with Gasteiger partial charge in [0.2, 0.25) is 0 Å². The van der Waals surface area contributed by atoms with E-state index in [1.54, 1.807) is 4.90 Å². The highest BCUT2D eigenvalue weighted by atomic mass is 35.5. The summed E-state index contributed by atoms with van der Waals surface area (Å²) in [5.41, 5.74) is 0. The van der Waals surface area contributed by atoms with Gasteiger partial charge in [-0.3, -0.25) is 4.90 Å². The topological polar surface area (TPSA) is 12.5 Å². The van der Waals surface area contributed by atoms with Crippen molar-refractivity contribution in [3.8, 4) is 0 Å². The lowest BCUT2D eigenvalue weighted by molar-refractivity contribution is -0.138. The van der Waals surface area contributed by atoms with Gasteiger partial charge in [-0.15, -0.1) is 11.6 Å². The maximum absolute atomic E-state index is 11.9. The molecular weight excluding hydrogens is 219 g/mol. The van der Waals surface area contributed by atoms with Gasteiger partial charge < -0.3 is 4.74 Å². The molecule has 0 aliphatic rings. The Labute approximate surface area is 87.0 Å². The summed E-state index contributed by atoms with van der Waals surface area (Å²) in [4.78, 5) is 1.64. The van der Waals surface area contributed by atoms with E-state index in [0.717, 1.165) is 0 Å². The van der Waals surface area contributed by atoms with Gasteiger partial charge in [-0.05, 0) is 0 Å². The van der Waals surface area contributed by atoms with E-state index >= 15 is 0 Å². The predicted molar refractivity (Wildman–Crippen MR) is 49.7 cm³/mol. The van der Waals surface area contributed by atoms with Crippen molar-refractivity contribution in [3.63, 3.8) is 0 Å². The molecule has 0 aromatic heterocycles. The fourth-order valence-corrected chi connectivity index (χ4v) is 1.20. The van der Waals surface area contributed by atoms with Gasteiger partial charge in [-0.1, -0.05) is 0 Å². The molecule has 0 unspecified atom stereocenters. The Morgan fingerprint density at radius 3 is 2.29 bits per heavy atom. The molecule has 0 aliphatic heterocycles. The van der Waals surface area contributed by atoms with E-state index in [2.05, 4.69) is 0 Å². The van der Waals surface area contributed by atoms with Gasteiger partial charge >= 0.3 is 6.18 Å².